The van der Waals surface area contributed by atoms with Crippen LogP contribution in [0.25, 0.3) is 0 Å². The number of likely N-dealkylation sites (N-methyl/N-ethyl adjacent to an activating group) is 1. The second-order valence-corrected chi connectivity index (χ2v) is 6.05. The fraction of sp³-hybridized carbons (Fsp3) is 0.333. The summed E-state index contributed by atoms with van der Waals surface area (Å²) in [7, 11) is 2.07. The lowest BCUT2D eigenvalue weighted by molar-refractivity contribution is 0.331. The van der Waals surface area contributed by atoms with Crippen molar-refractivity contribution in [3.63, 3.8) is 0 Å². The van der Waals surface area contributed by atoms with Gasteiger partial charge in [-0.2, -0.15) is 0 Å². The number of hydrogen-bond acceptors (Lipinski definition) is 5. The van der Waals surface area contributed by atoms with Crippen molar-refractivity contribution in [3.8, 4) is 5.75 Å². The molecule has 0 bridgehead atoms. The number of thiophene rings is 1. The van der Waals surface area contributed by atoms with Crippen LogP contribution >= 0.6 is 11.3 Å². The monoisotopic (exact) mass is 305 g/mol. The van der Waals surface area contributed by atoms with Gasteiger partial charge in [0.05, 0.1) is 7.11 Å². The van der Waals surface area contributed by atoms with Gasteiger partial charge in [-0.15, -0.1) is 11.3 Å². The Bertz CT molecular complexity index is 560. The lowest BCUT2D eigenvalue weighted by atomic mass is 9.78. The maximum absolute atomic E-state index is 9.39. The smallest absolute Gasteiger partial charge is 0.492 e. The van der Waals surface area contributed by atoms with E-state index in [9.17, 15) is 10.0 Å². The number of rotatable bonds is 7. The van der Waals surface area contributed by atoms with Crippen LogP contribution in [0.15, 0.2) is 35.7 Å². The largest absolute Gasteiger partial charge is 0.497 e. The van der Waals surface area contributed by atoms with Crippen molar-refractivity contribution in [1.29, 1.82) is 0 Å². The molecule has 1 aromatic heterocycles. The predicted molar refractivity (Wildman–Crippen MR) is 87.2 cm³/mol. The zero-order chi connectivity index (χ0) is 15.2. The van der Waals surface area contributed by atoms with Crippen molar-refractivity contribution in [1.82, 2.24) is 4.90 Å². The molecule has 2 aromatic rings. The molecule has 0 unspecified atom stereocenters. The van der Waals surface area contributed by atoms with Crippen LogP contribution in [0, 0.1) is 0 Å². The molecule has 1 heterocycles. The number of benzene rings is 1. The molecule has 0 amide bonds. The zero-order valence-corrected chi connectivity index (χ0v) is 13.1. The number of methoxy groups -OCH3 is 1. The molecular weight excluding hydrogens is 285 g/mol. The Hall–Kier alpha value is -1.34. The molecule has 0 saturated heterocycles. The minimum atomic E-state index is -1.52. The summed E-state index contributed by atoms with van der Waals surface area (Å²) in [6.07, 6.45) is 1.03. The van der Waals surface area contributed by atoms with E-state index in [0.29, 0.717) is 11.2 Å². The third-order valence-corrected chi connectivity index (χ3v) is 4.28. The summed E-state index contributed by atoms with van der Waals surface area (Å²) in [5.74, 6) is 0.495. The quantitative estimate of drug-likeness (QED) is 0.753. The molecule has 21 heavy (non-hydrogen) atoms. The van der Waals surface area contributed by atoms with E-state index in [-0.39, 0.29) is 0 Å². The summed E-state index contributed by atoms with van der Waals surface area (Å²) in [4.78, 5) is 3.60. The maximum atomic E-state index is 9.39. The SMILES string of the molecule is COc1ccc(CN(C)CCc2cccs2)cc1B(O)O. The highest BCUT2D eigenvalue weighted by molar-refractivity contribution is 7.09. The molecule has 2 N–H and O–H groups in total. The summed E-state index contributed by atoms with van der Waals surface area (Å²) in [6, 6.07) is 9.72. The van der Waals surface area contributed by atoms with E-state index in [0.717, 1.165) is 25.1 Å². The molecule has 0 atom stereocenters. The Kier molecular flexibility index (Phi) is 5.81. The highest BCUT2D eigenvalue weighted by atomic mass is 32.1. The average Bonchev–Trinajstić information content (AvgIpc) is 2.98. The van der Waals surface area contributed by atoms with Gasteiger partial charge in [0.15, 0.2) is 0 Å². The molecule has 1 aromatic carbocycles. The lowest BCUT2D eigenvalue weighted by Gasteiger charge is -2.17. The van der Waals surface area contributed by atoms with Crippen LogP contribution in [0.3, 0.4) is 0 Å². The van der Waals surface area contributed by atoms with Crippen molar-refractivity contribution < 1.29 is 14.8 Å². The average molecular weight is 305 g/mol. The lowest BCUT2D eigenvalue weighted by Crippen LogP contribution is -2.32. The molecular formula is C15H20BNO3S. The van der Waals surface area contributed by atoms with Crippen LogP contribution in [-0.2, 0) is 13.0 Å². The normalized spacial score (nSPS) is 10.9. The second kappa shape index (κ2) is 7.61. The van der Waals surface area contributed by atoms with Crippen molar-refractivity contribution >= 4 is 23.9 Å². The second-order valence-electron chi connectivity index (χ2n) is 5.02. The Balaban J connectivity index is 1.96. The van der Waals surface area contributed by atoms with Gasteiger partial charge in [-0.05, 0) is 36.5 Å². The van der Waals surface area contributed by atoms with Crippen LogP contribution < -0.4 is 10.2 Å². The first-order valence-corrected chi connectivity index (χ1v) is 7.72. The summed E-state index contributed by atoms with van der Waals surface area (Å²) in [5, 5.41) is 20.9. The molecule has 0 fully saturated rings. The topological polar surface area (TPSA) is 52.9 Å². The molecule has 0 aliphatic carbocycles. The fourth-order valence-electron chi connectivity index (χ4n) is 2.23. The van der Waals surface area contributed by atoms with Gasteiger partial charge in [-0.25, -0.2) is 0 Å². The van der Waals surface area contributed by atoms with E-state index in [1.54, 1.807) is 23.5 Å². The molecule has 6 heteroatoms. The molecule has 0 radical (unpaired) electrons. The van der Waals surface area contributed by atoms with Gasteiger partial charge < -0.3 is 19.7 Å². The minimum absolute atomic E-state index is 0.404. The summed E-state index contributed by atoms with van der Waals surface area (Å²) in [5.41, 5.74) is 1.44. The third kappa shape index (κ3) is 4.57. The molecule has 0 saturated carbocycles. The Morgan fingerprint density at radius 3 is 2.71 bits per heavy atom. The fourth-order valence-corrected chi connectivity index (χ4v) is 2.93. The van der Waals surface area contributed by atoms with Gasteiger partial charge in [0.2, 0.25) is 0 Å². The molecule has 0 spiro atoms. The van der Waals surface area contributed by atoms with Crippen molar-refractivity contribution in [2.45, 2.75) is 13.0 Å². The van der Waals surface area contributed by atoms with Crippen LogP contribution in [0.2, 0.25) is 0 Å². The van der Waals surface area contributed by atoms with E-state index < -0.39 is 7.12 Å². The molecule has 4 nitrogen and oxygen atoms in total. The maximum Gasteiger partial charge on any atom is 0.492 e. The van der Waals surface area contributed by atoms with Gasteiger partial charge in [-0.1, -0.05) is 18.2 Å². The number of nitrogens with zero attached hydrogens (tertiary/aromatic N) is 1. The van der Waals surface area contributed by atoms with Crippen molar-refractivity contribution in [3.05, 3.63) is 46.2 Å². The first-order valence-electron chi connectivity index (χ1n) is 6.84. The van der Waals surface area contributed by atoms with Gasteiger partial charge in [-0.3, -0.25) is 0 Å². The first kappa shape index (κ1) is 16.0. The molecule has 112 valence electrons. The van der Waals surface area contributed by atoms with E-state index in [1.165, 1.54) is 12.0 Å². The van der Waals surface area contributed by atoms with Crippen LogP contribution in [0.1, 0.15) is 10.4 Å². The van der Waals surface area contributed by atoms with E-state index in [4.69, 9.17) is 4.74 Å². The van der Waals surface area contributed by atoms with Crippen molar-refractivity contribution in [2.24, 2.45) is 0 Å². The Morgan fingerprint density at radius 2 is 2.10 bits per heavy atom. The Labute approximate surface area is 129 Å². The first-order chi connectivity index (χ1) is 10.1. The number of ether oxygens (including phenoxy) is 1. The highest BCUT2D eigenvalue weighted by Gasteiger charge is 2.17. The van der Waals surface area contributed by atoms with Crippen LogP contribution in [-0.4, -0.2) is 42.8 Å². The van der Waals surface area contributed by atoms with E-state index in [2.05, 4.69) is 29.5 Å². The van der Waals surface area contributed by atoms with Gasteiger partial charge in [0.1, 0.15) is 5.75 Å². The summed E-state index contributed by atoms with van der Waals surface area (Å²) in [6.45, 7) is 1.72. The number of hydrogen-bond donors (Lipinski definition) is 2. The van der Waals surface area contributed by atoms with Gasteiger partial charge in [0, 0.05) is 23.4 Å². The van der Waals surface area contributed by atoms with Gasteiger partial charge >= 0.3 is 7.12 Å². The van der Waals surface area contributed by atoms with E-state index in [1.807, 2.05) is 6.07 Å². The van der Waals surface area contributed by atoms with E-state index >= 15 is 0 Å². The summed E-state index contributed by atoms with van der Waals surface area (Å²) >= 11 is 1.77. The van der Waals surface area contributed by atoms with Crippen LogP contribution in [0.4, 0.5) is 0 Å². The third-order valence-electron chi connectivity index (χ3n) is 3.34. The minimum Gasteiger partial charge on any atom is -0.497 e. The zero-order valence-electron chi connectivity index (χ0n) is 12.3. The molecule has 2 rings (SSSR count). The molecule has 0 aliphatic rings. The van der Waals surface area contributed by atoms with Crippen LogP contribution in [0.5, 0.6) is 5.75 Å². The Morgan fingerprint density at radius 1 is 1.29 bits per heavy atom. The molecule has 0 aliphatic heterocycles. The predicted octanol–water partition coefficient (Wildman–Crippen LogP) is 1.11. The van der Waals surface area contributed by atoms with Gasteiger partial charge in [0.25, 0.3) is 0 Å². The highest BCUT2D eigenvalue weighted by Crippen LogP contribution is 2.13. The summed E-state index contributed by atoms with van der Waals surface area (Å²) < 4.78 is 5.13. The van der Waals surface area contributed by atoms with Crippen molar-refractivity contribution in [2.75, 3.05) is 20.7 Å². The standard InChI is InChI=1S/C15H20BNO3S/c1-17(8-7-13-4-3-9-21-13)11-12-5-6-15(20-2)14(10-12)16(18)19/h3-6,9-10,18-19H,7-8,11H2,1-2H3.